The van der Waals surface area contributed by atoms with Gasteiger partial charge in [0.25, 0.3) is 0 Å². The lowest BCUT2D eigenvalue weighted by Crippen LogP contribution is -2.39. The number of anilines is 1. The molecule has 0 bridgehead atoms. The molecule has 3 aromatic heterocycles. The number of nitrogens with one attached hydrogen (secondary N) is 2. The molecular weight excluding hydrogens is 425 g/mol. The zero-order valence-corrected chi connectivity index (χ0v) is 17.4. The monoisotopic (exact) mass is 443 g/mol. The predicted octanol–water partition coefficient (Wildman–Crippen LogP) is 3.47. The highest BCUT2D eigenvalue weighted by molar-refractivity contribution is 7.98. The summed E-state index contributed by atoms with van der Waals surface area (Å²) in [5, 5.41) is 7.58. The molecule has 1 unspecified atom stereocenters. The number of rotatable bonds is 7. The Kier molecular flexibility index (Phi) is 6.09. The summed E-state index contributed by atoms with van der Waals surface area (Å²) < 4.78 is 31.3. The molecule has 0 saturated heterocycles. The van der Waals surface area contributed by atoms with E-state index in [2.05, 4.69) is 29.6 Å². The standard InChI is InChI=1S/C19H18FN7O3S/c1-11-17-14(8-13(9-23-17)29-15-4-3-6-24-25-15)30-19(28)27(11)10-12-5-7-22-18(16(12)20)26-31-21-2/h3-9,11,21H,10H2,1-2H3,(H,22,26). The van der Waals surface area contributed by atoms with Crippen molar-refractivity contribution in [2.75, 3.05) is 11.8 Å². The maximum absolute atomic E-state index is 14.8. The SMILES string of the molecule is CNSNc1nccc(CN2C(=O)Oc3cc(Oc4cccnn4)cnc3C2C)c1F. The molecule has 4 rings (SSSR count). The van der Waals surface area contributed by atoms with Crippen molar-refractivity contribution in [3.63, 3.8) is 0 Å². The Bertz CT molecular complexity index is 1090. The number of carbonyl (C=O) groups is 1. The summed E-state index contributed by atoms with van der Waals surface area (Å²) in [7, 11) is 1.69. The molecule has 0 aliphatic carbocycles. The average molecular weight is 443 g/mol. The second kappa shape index (κ2) is 9.10. The van der Waals surface area contributed by atoms with Crippen LogP contribution in [0.1, 0.15) is 24.2 Å². The topological polar surface area (TPSA) is 114 Å². The Morgan fingerprint density at radius 3 is 2.97 bits per heavy atom. The smallest absolute Gasteiger partial charge is 0.416 e. The van der Waals surface area contributed by atoms with Crippen LogP contribution in [0.4, 0.5) is 15.0 Å². The first kappa shape index (κ1) is 20.8. The number of fused-ring (bicyclic) bond motifs is 1. The van der Waals surface area contributed by atoms with Crippen molar-refractivity contribution in [1.29, 1.82) is 0 Å². The van der Waals surface area contributed by atoms with E-state index in [0.717, 1.165) is 12.1 Å². The lowest BCUT2D eigenvalue weighted by atomic mass is 10.1. The summed E-state index contributed by atoms with van der Waals surface area (Å²) in [6.07, 6.45) is 3.89. The molecule has 160 valence electrons. The number of halogens is 1. The maximum atomic E-state index is 14.8. The van der Waals surface area contributed by atoms with Gasteiger partial charge < -0.3 is 9.47 Å². The van der Waals surface area contributed by atoms with Crippen molar-refractivity contribution in [3.8, 4) is 17.4 Å². The van der Waals surface area contributed by atoms with Gasteiger partial charge in [0.1, 0.15) is 5.69 Å². The second-order valence-electron chi connectivity index (χ2n) is 6.43. The average Bonchev–Trinajstić information content (AvgIpc) is 2.77. The largest absolute Gasteiger partial charge is 0.436 e. The Morgan fingerprint density at radius 2 is 2.19 bits per heavy atom. The number of pyridine rings is 2. The van der Waals surface area contributed by atoms with Crippen molar-refractivity contribution in [1.82, 2.24) is 29.8 Å². The molecule has 0 radical (unpaired) electrons. The molecule has 0 spiro atoms. The van der Waals surface area contributed by atoms with Crippen LogP contribution in [0.25, 0.3) is 0 Å². The van der Waals surface area contributed by atoms with Gasteiger partial charge in [-0.15, -0.1) is 5.10 Å². The van der Waals surface area contributed by atoms with Crippen LogP contribution in [0.2, 0.25) is 0 Å². The molecule has 4 heterocycles. The second-order valence-corrected chi connectivity index (χ2v) is 7.25. The summed E-state index contributed by atoms with van der Waals surface area (Å²) >= 11 is 1.09. The molecule has 31 heavy (non-hydrogen) atoms. The number of ether oxygens (including phenoxy) is 2. The fraction of sp³-hybridized carbons (Fsp3) is 0.211. The van der Waals surface area contributed by atoms with E-state index in [-0.39, 0.29) is 24.0 Å². The highest BCUT2D eigenvalue weighted by Crippen LogP contribution is 2.37. The number of hydrogen-bond donors (Lipinski definition) is 2. The molecule has 1 aliphatic rings. The normalized spacial score (nSPS) is 15.3. The third kappa shape index (κ3) is 4.49. The fourth-order valence-electron chi connectivity index (χ4n) is 2.97. The zero-order chi connectivity index (χ0) is 21.8. The zero-order valence-electron chi connectivity index (χ0n) is 16.6. The lowest BCUT2D eigenvalue weighted by Gasteiger charge is -2.33. The summed E-state index contributed by atoms with van der Waals surface area (Å²) in [5.41, 5.74) is 0.828. The van der Waals surface area contributed by atoms with Crippen LogP contribution in [0.3, 0.4) is 0 Å². The van der Waals surface area contributed by atoms with Crippen molar-refractivity contribution in [3.05, 3.63) is 59.9 Å². The first-order chi connectivity index (χ1) is 15.1. The quantitative estimate of drug-likeness (QED) is 0.526. The van der Waals surface area contributed by atoms with E-state index in [1.165, 1.54) is 29.6 Å². The molecule has 0 fully saturated rings. The van der Waals surface area contributed by atoms with E-state index in [1.807, 2.05) is 0 Å². The van der Waals surface area contributed by atoms with Crippen LogP contribution in [0, 0.1) is 5.82 Å². The fourth-order valence-corrected chi connectivity index (χ4v) is 3.31. The summed E-state index contributed by atoms with van der Waals surface area (Å²) in [4.78, 5) is 22.4. The third-order valence-electron chi connectivity index (χ3n) is 4.48. The van der Waals surface area contributed by atoms with Crippen molar-refractivity contribution in [2.24, 2.45) is 0 Å². The number of aromatic nitrogens is 4. The Balaban J connectivity index is 1.54. The van der Waals surface area contributed by atoms with Gasteiger partial charge in [0.2, 0.25) is 5.88 Å². The van der Waals surface area contributed by atoms with E-state index in [9.17, 15) is 9.18 Å². The molecule has 12 heteroatoms. The van der Waals surface area contributed by atoms with Crippen LogP contribution >= 0.6 is 12.1 Å². The van der Waals surface area contributed by atoms with Gasteiger partial charge in [-0.2, -0.15) is 5.10 Å². The van der Waals surface area contributed by atoms with Gasteiger partial charge in [-0.1, -0.05) is 0 Å². The van der Waals surface area contributed by atoms with Gasteiger partial charge >= 0.3 is 6.09 Å². The Labute approximate surface area is 181 Å². The molecule has 1 amide bonds. The minimum Gasteiger partial charge on any atom is -0.436 e. The maximum Gasteiger partial charge on any atom is 0.416 e. The minimum atomic E-state index is -0.617. The Morgan fingerprint density at radius 1 is 1.32 bits per heavy atom. The third-order valence-corrected chi connectivity index (χ3v) is 4.98. The Hall–Kier alpha value is -3.51. The number of carbonyl (C=O) groups excluding carboxylic acids is 1. The van der Waals surface area contributed by atoms with Crippen LogP contribution < -0.4 is 18.9 Å². The van der Waals surface area contributed by atoms with Crippen LogP contribution in [-0.4, -0.2) is 38.2 Å². The molecule has 0 saturated carbocycles. The van der Waals surface area contributed by atoms with Crippen LogP contribution in [0.5, 0.6) is 17.4 Å². The first-order valence-electron chi connectivity index (χ1n) is 9.22. The number of amides is 1. The molecule has 10 nitrogen and oxygen atoms in total. The van der Waals surface area contributed by atoms with Crippen molar-refractivity contribution >= 4 is 24.0 Å². The van der Waals surface area contributed by atoms with Gasteiger partial charge in [0.05, 0.1) is 18.8 Å². The summed E-state index contributed by atoms with van der Waals surface area (Å²) in [6.45, 7) is 1.79. The van der Waals surface area contributed by atoms with E-state index >= 15 is 0 Å². The molecule has 1 aliphatic heterocycles. The van der Waals surface area contributed by atoms with Gasteiger partial charge in [-0.05, 0) is 26.1 Å². The van der Waals surface area contributed by atoms with Gasteiger partial charge in [0.15, 0.2) is 23.1 Å². The highest BCUT2D eigenvalue weighted by Gasteiger charge is 2.34. The molecule has 1 atom stereocenters. The lowest BCUT2D eigenvalue weighted by molar-refractivity contribution is 0.114. The molecular formula is C19H18FN7O3S. The number of nitrogens with zero attached hydrogens (tertiary/aromatic N) is 5. The van der Waals surface area contributed by atoms with Crippen molar-refractivity contribution < 1.29 is 18.7 Å². The van der Waals surface area contributed by atoms with E-state index < -0.39 is 18.0 Å². The molecule has 0 aromatic carbocycles. The summed E-state index contributed by atoms with van der Waals surface area (Å²) in [5.74, 6) is 0.440. The van der Waals surface area contributed by atoms with Gasteiger partial charge in [-0.25, -0.2) is 18.9 Å². The molecule has 2 N–H and O–H groups in total. The minimum absolute atomic E-state index is 0.00771. The van der Waals surface area contributed by atoms with Gasteiger partial charge in [0, 0.05) is 42.2 Å². The van der Waals surface area contributed by atoms with Crippen molar-refractivity contribution in [2.45, 2.75) is 19.5 Å². The highest BCUT2D eigenvalue weighted by atomic mass is 32.2. The van der Waals surface area contributed by atoms with E-state index in [1.54, 1.807) is 32.2 Å². The van der Waals surface area contributed by atoms with Crippen LogP contribution in [0.15, 0.2) is 42.9 Å². The van der Waals surface area contributed by atoms with Gasteiger partial charge in [-0.3, -0.25) is 14.6 Å². The molecule has 3 aromatic rings. The van der Waals surface area contributed by atoms with Crippen LogP contribution in [-0.2, 0) is 6.54 Å². The predicted molar refractivity (Wildman–Crippen MR) is 111 cm³/mol. The first-order valence-corrected chi connectivity index (χ1v) is 10.0. The summed E-state index contributed by atoms with van der Waals surface area (Å²) in [6, 6.07) is 5.96. The van der Waals surface area contributed by atoms with E-state index in [4.69, 9.17) is 9.47 Å². The van der Waals surface area contributed by atoms with E-state index in [0.29, 0.717) is 17.0 Å². The number of hydrogen-bond acceptors (Lipinski definition) is 10.